The number of carbonyl (C=O) groups is 1. The third-order valence-electron chi connectivity index (χ3n) is 5.55. The summed E-state index contributed by atoms with van der Waals surface area (Å²) in [6, 6.07) is 20.2. The summed E-state index contributed by atoms with van der Waals surface area (Å²) in [5.41, 5.74) is 1.23. The van der Waals surface area contributed by atoms with Crippen molar-refractivity contribution in [2.75, 3.05) is 32.2 Å². The van der Waals surface area contributed by atoms with Crippen LogP contribution in [0.1, 0.15) is 17.2 Å². The van der Waals surface area contributed by atoms with Gasteiger partial charge in [-0.3, -0.25) is 4.79 Å². The Morgan fingerprint density at radius 3 is 2.80 bits per heavy atom. The molecule has 1 saturated heterocycles. The van der Waals surface area contributed by atoms with Gasteiger partial charge in [0.15, 0.2) is 18.1 Å². The maximum Gasteiger partial charge on any atom is 0.260 e. The van der Waals surface area contributed by atoms with Gasteiger partial charge in [-0.2, -0.15) is 11.8 Å². The van der Waals surface area contributed by atoms with Gasteiger partial charge in [0, 0.05) is 24.1 Å². The quantitative estimate of drug-likeness (QED) is 0.614. The number of fused-ring (bicyclic) bond motifs is 2. The highest BCUT2D eigenvalue weighted by Gasteiger charge is 2.24. The van der Waals surface area contributed by atoms with E-state index in [1.165, 1.54) is 5.56 Å². The van der Waals surface area contributed by atoms with Crippen LogP contribution in [0.15, 0.2) is 60.7 Å². The topological polar surface area (TPSA) is 48.0 Å². The van der Waals surface area contributed by atoms with Crippen LogP contribution in [0, 0.1) is 0 Å². The van der Waals surface area contributed by atoms with E-state index < -0.39 is 0 Å². The molecule has 0 aromatic heterocycles. The second-order valence-electron chi connectivity index (χ2n) is 7.44. The van der Waals surface area contributed by atoms with E-state index in [0.29, 0.717) is 5.25 Å². The fourth-order valence-corrected chi connectivity index (χ4v) is 5.11. The van der Waals surface area contributed by atoms with Crippen LogP contribution in [0.3, 0.4) is 0 Å². The SMILES string of the molecule is O=C(COc1ccc2ccccc2c1)N1CCSC(c2ccc3c(c2)OCO3)CC1. The first kappa shape index (κ1) is 19.1. The lowest BCUT2D eigenvalue weighted by molar-refractivity contribution is -0.133. The van der Waals surface area contributed by atoms with E-state index >= 15 is 0 Å². The van der Waals surface area contributed by atoms with Gasteiger partial charge in [0.1, 0.15) is 5.75 Å². The normalized spacial score (nSPS) is 18.3. The van der Waals surface area contributed by atoms with Gasteiger partial charge in [-0.25, -0.2) is 0 Å². The monoisotopic (exact) mass is 421 g/mol. The largest absolute Gasteiger partial charge is 0.484 e. The van der Waals surface area contributed by atoms with Crippen LogP contribution in [0.4, 0.5) is 0 Å². The zero-order chi connectivity index (χ0) is 20.3. The van der Waals surface area contributed by atoms with Crippen LogP contribution in [-0.4, -0.2) is 43.0 Å². The van der Waals surface area contributed by atoms with E-state index in [2.05, 4.69) is 18.2 Å². The summed E-state index contributed by atoms with van der Waals surface area (Å²) in [7, 11) is 0. The number of hydrogen-bond donors (Lipinski definition) is 0. The molecule has 0 spiro atoms. The fraction of sp³-hybridized carbons (Fsp3) is 0.292. The Bertz CT molecular complexity index is 1070. The Morgan fingerprint density at radius 2 is 1.87 bits per heavy atom. The van der Waals surface area contributed by atoms with Gasteiger partial charge in [0.05, 0.1) is 0 Å². The summed E-state index contributed by atoms with van der Waals surface area (Å²) in [6.07, 6.45) is 0.909. The van der Waals surface area contributed by atoms with Crippen molar-refractivity contribution in [3.8, 4) is 17.2 Å². The lowest BCUT2D eigenvalue weighted by atomic mass is 10.1. The highest BCUT2D eigenvalue weighted by atomic mass is 32.2. The molecule has 3 aromatic rings. The molecule has 0 bridgehead atoms. The molecule has 154 valence electrons. The van der Waals surface area contributed by atoms with Crippen LogP contribution in [0.5, 0.6) is 17.2 Å². The fourth-order valence-electron chi connectivity index (χ4n) is 3.89. The molecule has 1 atom stereocenters. The summed E-state index contributed by atoms with van der Waals surface area (Å²) in [5, 5.41) is 2.62. The molecule has 3 aromatic carbocycles. The number of amides is 1. The third kappa shape index (κ3) is 4.05. The molecule has 0 radical (unpaired) electrons. The zero-order valence-corrected chi connectivity index (χ0v) is 17.4. The molecule has 2 aliphatic heterocycles. The molecule has 30 heavy (non-hydrogen) atoms. The highest BCUT2D eigenvalue weighted by Crippen LogP contribution is 2.40. The van der Waals surface area contributed by atoms with Crippen molar-refractivity contribution in [1.29, 1.82) is 0 Å². The Labute approximate surface area is 179 Å². The minimum atomic E-state index is 0.0371. The number of nitrogens with zero attached hydrogens (tertiary/aromatic N) is 1. The van der Waals surface area contributed by atoms with Crippen LogP contribution < -0.4 is 14.2 Å². The Kier molecular flexibility index (Phi) is 5.41. The first-order chi connectivity index (χ1) is 14.8. The van der Waals surface area contributed by atoms with Crippen LogP contribution in [-0.2, 0) is 4.79 Å². The standard InChI is InChI=1S/C24H23NO4S/c26-24(15-27-20-7-5-17-3-1-2-4-18(17)13-20)25-10-9-23(30-12-11-25)19-6-8-21-22(14-19)29-16-28-21/h1-8,13-14,23H,9-12,15-16H2. The summed E-state index contributed by atoms with van der Waals surface area (Å²) >= 11 is 1.89. The maximum atomic E-state index is 12.7. The van der Waals surface area contributed by atoms with E-state index in [0.717, 1.165) is 53.3 Å². The summed E-state index contributed by atoms with van der Waals surface area (Å²) in [4.78, 5) is 14.7. The lowest BCUT2D eigenvalue weighted by Gasteiger charge is -2.20. The molecule has 6 heteroatoms. The Hall–Kier alpha value is -2.86. The van der Waals surface area contributed by atoms with E-state index in [-0.39, 0.29) is 19.3 Å². The predicted molar refractivity (Wildman–Crippen MR) is 118 cm³/mol. The summed E-state index contributed by atoms with van der Waals surface area (Å²) < 4.78 is 16.7. The van der Waals surface area contributed by atoms with E-state index in [1.54, 1.807) is 0 Å². The number of thioether (sulfide) groups is 1. The van der Waals surface area contributed by atoms with Crippen molar-refractivity contribution in [1.82, 2.24) is 4.90 Å². The average molecular weight is 422 g/mol. The molecule has 5 nitrogen and oxygen atoms in total. The lowest BCUT2D eigenvalue weighted by Crippen LogP contribution is -2.36. The van der Waals surface area contributed by atoms with Crippen molar-refractivity contribution >= 4 is 28.4 Å². The van der Waals surface area contributed by atoms with Crippen molar-refractivity contribution in [2.24, 2.45) is 0 Å². The average Bonchev–Trinajstić information content (AvgIpc) is 3.12. The number of rotatable bonds is 4. The molecular formula is C24H23NO4S. The molecule has 0 aliphatic carbocycles. The van der Waals surface area contributed by atoms with Crippen molar-refractivity contribution in [3.05, 3.63) is 66.2 Å². The van der Waals surface area contributed by atoms with E-state index in [9.17, 15) is 4.79 Å². The molecule has 0 saturated carbocycles. The van der Waals surface area contributed by atoms with Crippen molar-refractivity contribution in [3.63, 3.8) is 0 Å². The summed E-state index contributed by atoms with van der Waals surface area (Å²) in [6.45, 7) is 1.82. The molecular weight excluding hydrogens is 398 g/mol. The smallest absolute Gasteiger partial charge is 0.260 e. The molecule has 1 unspecified atom stereocenters. The minimum absolute atomic E-state index is 0.0371. The Morgan fingerprint density at radius 1 is 1.00 bits per heavy atom. The third-order valence-corrected chi connectivity index (χ3v) is 6.87. The van der Waals surface area contributed by atoms with Gasteiger partial charge in [0.2, 0.25) is 6.79 Å². The highest BCUT2D eigenvalue weighted by molar-refractivity contribution is 7.99. The number of benzene rings is 3. The van der Waals surface area contributed by atoms with Gasteiger partial charge in [-0.15, -0.1) is 0 Å². The summed E-state index contributed by atoms with van der Waals surface area (Å²) in [5.74, 6) is 3.29. The maximum absolute atomic E-state index is 12.7. The second-order valence-corrected chi connectivity index (χ2v) is 8.75. The van der Waals surface area contributed by atoms with Gasteiger partial charge in [0.25, 0.3) is 5.91 Å². The molecule has 0 N–H and O–H groups in total. The molecule has 5 rings (SSSR count). The van der Waals surface area contributed by atoms with Crippen LogP contribution >= 0.6 is 11.8 Å². The van der Waals surface area contributed by atoms with Crippen molar-refractivity contribution in [2.45, 2.75) is 11.7 Å². The van der Waals surface area contributed by atoms with Crippen molar-refractivity contribution < 1.29 is 19.0 Å². The molecule has 2 aliphatic rings. The van der Waals surface area contributed by atoms with E-state index in [1.807, 2.05) is 59.1 Å². The number of hydrogen-bond acceptors (Lipinski definition) is 5. The van der Waals surface area contributed by atoms with Crippen LogP contribution in [0.2, 0.25) is 0 Å². The minimum Gasteiger partial charge on any atom is -0.484 e. The molecule has 2 heterocycles. The van der Waals surface area contributed by atoms with Crippen LogP contribution in [0.25, 0.3) is 10.8 Å². The van der Waals surface area contributed by atoms with Gasteiger partial charge < -0.3 is 19.1 Å². The van der Waals surface area contributed by atoms with E-state index in [4.69, 9.17) is 14.2 Å². The van der Waals surface area contributed by atoms with Gasteiger partial charge >= 0.3 is 0 Å². The Balaban J connectivity index is 1.18. The first-order valence-corrected chi connectivity index (χ1v) is 11.2. The first-order valence-electron chi connectivity index (χ1n) is 10.2. The predicted octanol–water partition coefficient (Wildman–Crippen LogP) is 4.65. The molecule has 1 fully saturated rings. The zero-order valence-electron chi connectivity index (χ0n) is 16.6. The number of carbonyl (C=O) groups excluding carboxylic acids is 1. The number of ether oxygens (including phenoxy) is 3. The molecule has 1 amide bonds. The van der Waals surface area contributed by atoms with Gasteiger partial charge in [-0.1, -0.05) is 36.4 Å². The van der Waals surface area contributed by atoms with Gasteiger partial charge in [-0.05, 0) is 47.0 Å². The second kappa shape index (κ2) is 8.48.